The van der Waals surface area contributed by atoms with Crippen LogP contribution in [0.2, 0.25) is 0 Å². The summed E-state index contributed by atoms with van der Waals surface area (Å²) in [6, 6.07) is 0. The second-order valence-electron chi connectivity index (χ2n) is 0.951. The highest BCUT2D eigenvalue weighted by Crippen LogP contribution is 1.70. The van der Waals surface area contributed by atoms with Gasteiger partial charge in [-0.2, -0.15) is 0 Å². The fourth-order valence-electron chi connectivity index (χ4n) is 0.137. The molecule has 0 bridgehead atoms. The second-order valence-corrected chi connectivity index (χ2v) is 0.951. The summed E-state index contributed by atoms with van der Waals surface area (Å²) in [5.41, 5.74) is 0. The molecule has 4 nitrogen and oxygen atoms in total. The Balaban J connectivity index is 2.97. The average molecular weight is 102 g/mol. The lowest BCUT2D eigenvalue weighted by atomic mass is 10.5. The Bertz CT molecular complexity index is 80.2. The van der Waals surface area contributed by atoms with Crippen molar-refractivity contribution in [1.29, 1.82) is 0 Å². The highest BCUT2D eigenvalue weighted by molar-refractivity contribution is 5.50. The zero-order valence-electron chi connectivity index (χ0n) is 3.59. The number of nitrogens with zero attached hydrogens (tertiary/aromatic N) is 1. The van der Waals surface area contributed by atoms with Gasteiger partial charge >= 0.3 is 0 Å². The van der Waals surface area contributed by atoms with Crippen LogP contribution in [0.1, 0.15) is 6.42 Å². The standard InChI is InChI=1S/C3H4NO3/c5-3-1-2-4(6)7/h1-2H2. The zero-order chi connectivity index (χ0) is 5.70. The van der Waals surface area contributed by atoms with Crippen molar-refractivity contribution in [1.82, 2.24) is 0 Å². The largest absolute Gasteiger partial charge is 0.291 e. The first-order chi connectivity index (χ1) is 3.27. The highest BCUT2D eigenvalue weighted by atomic mass is 16.6. The normalized spacial score (nSPS) is 8.00. The summed E-state index contributed by atoms with van der Waals surface area (Å²) < 4.78 is 0. The molecular formula is C3H4NO3. The first kappa shape index (κ1) is 6.07. The lowest BCUT2D eigenvalue weighted by Gasteiger charge is -1.79. The van der Waals surface area contributed by atoms with Crippen LogP contribution in [-0.2, 0) is 4.79 Å². The molecule has 0 aliphatic carbocycles. The second kappa shape index (κ2) is 3.27. The number of hydrogen-bond acceptors (Lipinski definition) is 3. The molecule has 0 aliphatic heterocycles. The predicted octanol–water partition coefficient (Wildman–Crippen LogP) is -0.237. The van der Waals surface area contributed by atoms with Crippen LogP contribution in [0.15, 0.2) is 0 Å². The maximum Gasteiger partial charge on any atom is 0.211 e. The third-order valence-corrected chi connectivity index (χ3v) is 0.396. The van der Waals surface area contributed by atoms with Gasteiger partial charge in [0.1, 0.15) is 0 Å². The first-order valence-electron chi connectivity index (χ1n) is 1.74. The van der Waals surface area contributed by atoms with E-state index in [0.717, 1.165) is 0 Å². The smallest absolute Gasteiger partial charge is 0.211 e. The third-order valence-electron chi connectivity index (χ3n) is 0.396. The molecule has 0 aromatic rings. The van der Waals surface area contributed by atoms with E-state index in [-0.39, 0.29) is 13.0 Å². The molecule has 0 rings (SSSR count). The number of rotatable bonds is 3. The van der Waals surface area contributed by atoms with Crippen molar-refractivity contribution in [3.63, 3.8) is 0 Å². The van der Waals surface area contributed by atoms with E-state index in [1.54, 1.807) is 0 Å². The van der Waals surface area contributed by atoms with Gasteiger partial charge in [-0.1, -0.05) is 0 Å². The molecule has 0 fully saturated rings. The number of hydrogen-bond donors (Lipinski definition) is 0. The molecule has 0 aromatic carbocycles. The van der Waals surface area contributed by atoms with E-state index in [9.17, 15) is 14.9 Å². The summed E-state index contributed by atoms with van der Waals surface area (Å²) in [4.78, 5) is 18.1. The van der Waals surface area contributed by atoms with Crippen molar-refractivity contribution < 1.29 is 9.72 Å². The van der Waals surface area contributed by atoms with E-state index in [1.807, 2.05) is 0 Å². The Labute approximate surface area is 40.3 Å². The van der Waals surface area contributed by atoms with E-state index in [2.05, 4.69) is 0 Å². The third kappa shape index (κ3) is 5.07. The number of carbonyl (C=O) groups excluding carboxylic acids is 1. The van der Waals surface area contributed by atoms with Crippen LogP contribution in [0.5, 0.6) is 0 Å². The van der Waals surface area contributed by atoms with Gasteiger partial charge in [0, 0.05) is 4.92 Å². The highest BCUT2D eigenvalue weighted by Gasteiger charge is 1.91. The molecule has 0 heterocycles. The van der Waals surface area contributed by atoms with E-state index < -0.39 is 4.92 Å². The molecule has 0 saturated heterocycles. The first-order valence-corrected chi connectivity index (χ1v) is 1.74. The fraction of sp³-hybridized carbons (Fsp3) is 0.667. The summed E-state index contributed by atoms with van der Waals surface area (Å²) in [7, 11) is 0. The molecule has 39 valence electrons. The van der Waals surface area contributed by atoms with Gasteiger partial charge in [-0.15, -0.1) is 0 Å². The van der Waals surface area contributed by atoms with Crippen molar-refractivity contribution in [2.24, 2.45) is 0 Å². The topological polar surface area (TPSA) is 60.2 Å². The maximum atomic E-state index is 9.38. The van der Waals surface area contributed by atoms with Crippen LogP contribution in [-0.4, -0.2) is 17.8 Å². The van der Waals surface area contributed by atoms with Crippen LogP contribution in [0.25, 0.3) is 0 Å². The molecule has 7 heavy (non-hydrogen) atoms. The molecule has 1 radical (unpaired) electrons. The van der Waals surface area contributed by atoms with Gasteiger partial charge in [0.25, 0.3) is 0 Å². The maximum absolute atomic E-state index is 9.38. The molecular weight excluding hydrogens is 98.0 g/mol. The lowest BCUT2D eigenvalue weighted by molar-refractivity contribution is -0.478. The Morgan fingerprint density at radius 3 is 2.43 bits per heavy atom. The Morgan fingerprint density at radius 1 is 1.71 bits per heavy atom. The molecule has 0 aromatic heterocycles. The average Bonchev–Trinajstić information content (AvgIpc) is 1.61. The van der Waals surface area contributed by atoms with Crippen molar-refractivity contribution in [2.45, 2.75) is 6.42 Å². The SMILES string of the molecule is O=[C]CC[N+](=O)[O-]. The van der Waals surface area contributed by atoms with Gasteiger partial charge in [-0.25, -0.2) is 0 Å². The van der Waals surface area contributed by atoms with Crippen molar-refractivity contribution >= 4 is 6.29 Å². The molecule has 0 spiro atoms. The van der Waals surface area contributed by atoms with Crippen LogP contribution >= 0.6 is 0 Å². The molecule has 0 saturated carbocycles. The molecule has 0 aliphatic rings. The van der Waals surface area contributed by atoms with Crippen LogP contribution < -0.4 is 0 Å². The Kier molecular flexibility index (Phi) is 2.83. The Morgan fingerprint density at radius 2 is 2.29 bits per heavy atom. The van der Waals surface area contributed by atoms with Gasteiger partial charge in [-0.3, -0.25) is 14.9 Å². The van der Waals surface area contributed by atoms with Gasteiger partial charge in [0.15, 0.2) is 0 Å². The summed E-state index contributed by atoms with van der Waals surface area (Å²) in [5.74, 6) is 0. The van der Waals surface area contributed by atoms with Crippen LogP contribution in [0, 0.1) is 10.1 Å². The Hall–Kier alpha value is -0.930. The zero-order valence-corrected chi connectivity index (χ0v) is 3.59. The van der Waals surface area contributed by atoms with Crippen molar-refractivity contribution in [2.75, 3.05) is 6.54 Å². The van der Waals surface area contributed by atoms with Crippen molar-refractivity contribution in [3.05, 3.63) is 10.1 Å². The molecule has 0 amide bonds. The van der Waals surface area contributed by atoms with E-state index in [0.29, 0.717) is 0 Å². The van der Waals surface area contributed by atoms with E-state index in [4.69, 9.17) is 0 Å². The molecule has 0 N–H and O–H groups in total. The quantitative estimate of drug-likeness (QED) is 0.365. The van der Waals surface area contributed by atoms with E-state index >= 15 is 0 Å². The van der Waals surface area contributed by atoms with E-state index in [1.165, 1.54) is 6.29 Å². The molecule has 4 heteroatoms. The van der Waals surface area contributed by atoms with Crippen molar-refractivity contribution in [3.8, 4) is 0 Å². The molecule has 0 unspecified atom stereocenters. The number of nitro groups is 1. The predicted molar refractivity (Wildman–Crippen MR) is 22.2 cm³/mol. The summed E-state index contributed by atoms with van der Waals surface area (Å²) in [5, 5.41) is 9.38. The van der Waals surface area contributed by atoms with Crippen LogP contribution in [0.4, 0.5) is 0 Å². The summed E-state index contributed by atoms with van der Waals surface area (Å²) in [6.45, 7) is -0.302. The van der Waals surface area contributed by atoms with Gasteiger partial charge < -0.3 is 0 Å². The summed E-state index contributed by atoms with van der Waals surface area (Å²) >= 11 is 0. The van der Waals surface area contributed by atoms with Gasteiger partial charge in [-0.05, 0) is 0 Å². The lowest BCUT2D eigenvalue weighted by Crippen LogP contribution is -1.99. The minimum atomic E-state index is -0.551. The molecule has 0 atom stereocenters. The minimum Gasteiger partial charge on any atom is -0.291 e. The van der Waals surface area contributed by atoms with Gasteiger partial charge in [0.2, 0.25) is 12.8 Å². The summed E-state index contributed by atoms with van der Waals surface area (Å²) in [6.07, 6.45) is 1.30. The minimum absolute atomic E-state index is 0.104. The van der Waals surface area contributed by atoms with Crippen LogP contribution in [0.3, 0.4) is 0 Å². The monoisotopic (exact) mass is 102 g/mol. The van der Waals surface area contributed by atoms with Gasteiger partial charge in [0.05, 0.1) is 6.42 Å². The fourth-order valence-corrected chi connectivity index (χ4v) is 0.137.